The van der Waals surface area contributed by atoms with E-state index in [-0.39, 0.29) is 6.42 Å². The molecule has 1 heterocycles. The highest BCUT2D eigenvalue weighted by atomic mass is 35.5. The molecule has 1 aromatic heterocycles. The number of rotatable bonds is 5. The predicted octanol–water partition coefficient (Wildman–Crippen LogP) is 4.44. The maximum atomic E-state index is 11.4. The summed E-state index contributed by atoms with van der Waals surface area (Å²) in [6.07, 6.45) is -0.114. The first-order valence-corrected chi connectivity index (χ1v) is 8.08. The summed E-state index contributed by atoms with van der Waals surface area (Å²) < 4.78 is 10.9. The maximum Gasteiger partial charge on any atom is 0.307 e. The van der Waals surface area contributed by atoms with E-state index in [9.17, 15) is 9.90 Å². The number of aromatic nitrogens is 1. The molecule has 130 valence electrons. The number of benzene rings is 2. The molecule has 2 aromatic carbocycles. The average molecular weight is 360 g/mol. The molecular formula is C19H18ClNO4. The zero-order valence-electron chi connectivity index (χ0n) is 14.1. The van der Waals surface area contributed by atoms with Gasteiger partial charge in [-0.05, 0) is 36.2 Å². The van der Waals surface area contributed by atoms with Gasteiger partial charge in [-0.2, -0.15) is 0 Å². The smallest absolute Gasteiger partial charge is 0.307 e. The monoisotopic (exact) mass is 359 g/mol. The molecule has 0 aliphatic rings. The van der Waals surface area contributed by atoms with Gasteiger partial charge in [0.25, 0.3) is 0 Å². The number of fused-ring (bicyclic) bond motifs is 1. The van der Waals surface area contributed by atoms with Crippen molar-refractivity contribution >= 4 is 28.5 Å². The van der Waals surface area contributed by atoms with Crippen molar-refractivity contribution in [3.05, 3.63) is 46.5 Å². The SMILES string of the molecule is COc1cccc(-c2[nH]c3c(C)c(Cl)ccc3c2CC(=O)O)c1OC. The normalized spacial score (nSPS) is 10.9. The lowest BCUT2D eigenvalue weighted by Gasteiger charge is -2.12. The lowest BCUT2D eigenvalue weighted by molar-refractivity contribution is -0.136. The van der Waals surface area contributed by atoms with Crippen LogP contribution in [0.25, 0.3) is 22.2 Å². The van der Waals surface area contributed by atoms with Gasteiger partial charge in [-0.25, -0.2) is 0 Å². The van der Waals surface area contributed by atoms with E-state index < -0.39 is 5.97 Å². The van der Waals surface area contributed by atoms with Gasteiger partial charge in [-0.15, -0.1) is 0 Å². The van der Waals surface area contributed by atoms with Crippen molar-refractivity contribution in [1.82, 2.24) is 4.98 Å². The summed E-state index contributed by atoms with van der Waals surface area (Å²) in [5.41, 5.74) is 3.82. The Bertz CT molecular complexity index is 962. The third kappa shape index (κ3) is 2.91. The molecule has 0 atom stereocenters. The van der Waals surface area contributed by atoms with E-state index >= 15 is 0 Å². The summed E-state index contributed by atoms with van der Waals surface area (Å²) in [6, 6.07) is 9.13. The average Bonchev–Trinajstić information content (AvgIpc) is 2.95. The second-order valence-corrected chi connectivity index (χ2v) is 6.09. The number of aromatic amines is 1. The number of hydrogen-bond donors (Lipinski definition) is 2. The van der Waals surface area contributed by atoms with Crippen molar-refractivity contribution in [2.24, 2.45) is 0 Å². The van der Waals surface area contributed by atoms with E-state index in [2.05, 4.69) is 4.98 Å². The van der Waals surface area contributed by atoms with Crippen molar-refractivity contribution in [3.8, 4) is 22.8 Å². The van der Waals surface area contributed by atoms with Crippen LogP contribution in [-0.2, 0) is 11.2 Å². The molecule has 3 aromatic rings. The molecule has 25 heavy (non-hydrogen) atoms. The summed E-state index contributed by atoms with van der Waals surface area (Å²) in [6.45, 7) is 1.90. The van der Waals surface area contributed by atoms with Crippen LogP contribution < -0.4 is 9.47 Å². The molecular weight excluding hydrogens is 342 g/mol. The number of para-hydroxylation sites is 1. The number of carboxylic acids is 1. The number of hydrogen-bond acceptors (Lipinski definition) is 3. The van der Waals surface area contributed by atoms with Crippen molar-refractivity contribution in [1.29, 1.82) is 0 Å². The fraction of sp³-hybridized carbons (Fsp3) is 0.211. The molecule has 6 heteroatoms. The van der Waals surface area contributed by atoms with Crippen LogP contribution in [0.3, 0.4) is 0 Å². The van der Waals surface area contributed by atoms with E-state index in [1.54, 1.807) is 26.4 Å². The van der Waals surface area contributed by atoms with Crippen LogP contribution in [0.5, 0.6) is 11.5 Å². The predicted molar refractivity (Wildman–Crippen MR) is 97.9 cm³/mol. The number of nitrogens with one attached hydrogen (secondary N) is 1. The summed E-state index contributed by atoms with van der Waals surface area (Å²) >= 11 is 6.23. The van der Waals surface area contributed by atoms with Gasteiger partial charge >= 0.3 is 5.97 Å². The van der Waals surface area contributed by atoms with Crippen LogP contribution >= 0.6 is 11.6 Å². The second-order valence-electron chi connectivity index (χ2n) is 5.69. The number of carboxylic acid groups (broad SMARTS) is 1. The minimum Gasteiger partial charge on any atom is -0.493 e. The molecule has 0 amide bonds. The highest BCUT2D eigenvalue weighted by Crippen LogP contribution is 2.42. The van der Waals surface area contributed by atoms with E-state index in [1.807, 2.05) is 25.1 Å². The number of ether oxygens (including phenoxy) is 2. The van der Waals surface area contributed by atoms with Crippen molar-refractivity contribution < 1.29 is 19.4 Å². The highest BCUT2D eigenvalue weighted by Gasteiger charge is 2.21. The number of carbonyl (C=O) groups is 1. The standard InChI is InChI=1S/C19H18ClNO4/c1-10-14(20)8-7-11-13(9-16(22)23)18(21-17(10)11)12-5-4-6-15(24-2)19(12)25-3/h4-8,21H,9H2,1-3H3,(H,22,23). The van der Waals surface area contributed by atoms with E-state index in [0.717, 1.165) is 22.0 Å². The van der Waals surface area contributed by atoms with Crippen molar-refractivity contribution in [2.75, 3.05) is 14.2 Å². The molecule has 0 saturated carbocycles. The Hall–Kier alpha value is -2.66. The van der Waals surface area contributed by atoms with E-state index in [4.69, 9.17) is 21.1 Å². The van der Waals surface area contributed by atoms with Gasteiger partial charge in [0.15, 0.2) is 11.5 Å². The molecule has 0 bridgehead atoms. The summed E-state index contributed by atoms with van der Waals surface area (Å²) in [5.74, 6) is 0.221. The number of aryl methyl sites for hydroxylation is 1. The van der Waals surface area contributed by atoms with Gasteiger partial charge in [-0.1, -0.05) is 23.7 Å². The largest absolute Gasteiger partial charge is 0.493 e. The fourth-order valence-electron chi connectivity index (χ4n) is 3.08. The third-order valence-corrected chi connectivity index (χ3v) is 4.69. The highest BCUT2D eigenvalue weighted by molar-refractivity contribution is 6.32. The number of halogens is 1. The van der Waals surface area contributed by atoms with Gasteiger partial charge in [-0.3, -0.25) is 4.79 Å². The van der Waals surface area contributed by atoms with Gasteiger partial charge < -0.3 is 19.6 Å². The molecule has 0 aliphatic carbocycles. The quantitative estimate of drug-likeness (QED) is 0.706. The molecule has 0 fully saturated rings. The lowest BCUT2D eigenvalue weighted by atomic mass is 10.0. The Kier molecular flexibility index (Phi) is 4.59. The molecule has 0 aliphatic heterocycles. The lowest BCUT2D eigenvalue weighted by Crippen LogP contribution is -2.02. The molecule has 0 saturated heterocycles. The third-order valence-electron chi connectivity index (χ3n) is 4.28. The van der Waals surface area contributed by atoms with Crippen molar-refractivity contribution in [3.63, 3.8) is 0 Å². The molecule has 2 N–H and O–H groups in total. The van der Waals surface area contributed by atoms with Gasteiger partial charge in [0, 0.05) is 16.0 Å². The topological polar surface area (TPSA) is 71.6 Å². The Labute approximate surface area is 150 Å². The summed E-state index contributed by atoms with van der Waals surface area (Å²) in [5, 5.41) is 10.8. The first kappa shape index (κ1) is 17.2. The van der Waals surface area contributed by atoms with Gasteiger partial charge in [0.1, 0.15) is 0 Å². The minimum absolute atomic E-state index is 0.114. The zero-order valence-corrected chi connectivity index (χ0v) is 14.9. The van der Waals surface area contributed by atoms with E-state index in [0.29, 0.717) is 27.8 Å². The Morgan fingerprint density at radius 1 is 1.20 bits per heavy atom. The number of H-pyrrole nitrogens is 1. The second kappa shape index (κ2) is 6.69. The Morgan fingerprint density at radius 2 is 1.96 bits per heavy atom. The van der Waals surface area contributed by atoms with Gasteiger partial charge in [0.05, 0.1) is 31.9 Å². The van der Waals surface area contributed by atoms with E-state index in [1.165, 1.54) is 0 Å². The molecule has 5 nitrogen and oxygen atoms in total. The van der Waals surface area contributed by atoms with Crippen LogP contribution in [0.1, 0.15) is 11.1 Å². The molecule has 3 rings (SSSR count). The van der Waals surface area contributed by atoms with Crippen LogP contribution in [0, 0.1) is 6.92 Å². The first-order valence-electron chi connectivity index (χ1n) is 7.70. The van der Waals surface area contributed by atoms with Crippen molar-refractivity contribution in [2.45, 2.75) is 13.3 Å². The van der Waals surface area contributed by atoms with Crippen LogP contribution in [0.2, 0.25) is 5.02 Å². The molecule has 0 spiro atoms. The summed E-state index contributed by atoms with van der Waals surface area (Å²) in [4.78, 5) is 14.8. The number of aliphatic carboxylic acids is 1. The minimum atomic E-state index is -0.906. The fourth-order valence-corrected chi connectivity index (χ4v) is 3.24. The molecule has 0 radical (unpaired) electrons. The zero-order chi connectivity index (χ0) is 18.1. The van der Waals surface area contributed by atoms with Gasteiger partial charge in [0.2, 0.25) is 0 Å². The Balaban J connectivity index is 2.36. The maximum absolute atomic E-state index is 11.4. The first-order chi connectivity index (χ1) is 12.0. The van der Waals surface area contributed by atoms with Crippen LogP contribution in [0.4, 0.5) is 0 Å². The molecule has 0 unspecified atom stereocenters. The summed E-state index contributed by atoms with van der Waals surface area (Å²) in [7, 11) is 3.12. The number of methoxy groups -OCH3 is 2. The Morgan fingerprint density at radius 3 is 2.60 bits per heavy atom. The van der Waals surface area contributed by atoms with Crippen LogP contribution in [0.15, 0.2) is 30.3 Å². The van der Waals surface area contributed by atoms with Crippen LogP contribution in [-0.4, -0.2) is 30.3 Å².